The predicted octanol–water partition coefficient (Wildman–Crippen LogP) is 3.44. The molecule has 0 aliphatic carbocycles. The number of carbonyl (C=O) groups excluding carboxylic acids is 1. The van der Waals surface area contributed by atoms with Crippen LogP contribution in [0.2, 0.25) is 0 Å². The van der Waals surface area contributed by atoms with Crippen molar-refractivity contribution in [3.63, 3.8) is 0 Å². The number of benzene rings is 2. The van der Waals surface area contributed by atoms with E-state index < -0.39 is 21.4 Å². The van der Waals surface area contributed by atoms with Crippen LogP contribution in [0.3, 0.4) is 0 Å². The van der Waals surface area contributed by atoms with E-state index in [-0.39, 0.29) is 16.6 Å². The smallest absolute Gasteiger partial charge is 0.280 e. The third kappa shape index (κ3) is 4.89. The van der Waals surface area contributed by atoms with E-state index in [0.717, 1.165) is 25.7 Å². The Hall–Kier alpha value is -3.30. The van der Waals surface area contributed by atoms with Gasteiger partial charge in [-0.15, -0.1) is 0 Å². The molecule has 3 aromatic rings. The SMILES string of the molecule is CC[C@H]1CCCCN1S(=O)(=O)c1ccc(NC(=O)c2nn(-c3ccccc3)ccc2=O)cc1. The monoisotopic (exact) mass is 466 g/mol. The van der Waals surface area contributed by atoms with E-state index in [2.05, 4.69) is 10.4 Å². The van der Waals surface area contributed by atoms with E-state index in [9.17, 15) is 18.0 Å². The number of carbonyl (C=O) groups is 1. The average molecular weight is 467 g/mol. The van der Waals surface area contributed by atoms with Crippen molar-refractivity contribution >= 4 is 21.6 Å². The summed E-state index contributed by atoms with van der Waals surface area (Å²) in [6.45, 7) is 2.52. The fourth-order valence-corrected chi connectivity index (χ4v) is 5.79. The van der Waals surface area contributed by atoms with Gasteiger partial charge in [0.1, 0.15) is 0 Å². The predicted molar refractivity (Wildman–Crippen MR) is 126 cm³/mol. The van der Waals surface area contributed by atoms with Crippen molar-refractivity contribution in [2.75, 3.05) is 11.9 Å². The molecular weight excluding hydrogens is 440 g/mol. The van der Waals surface area contributed by atoms with Gasteiger partial charge in [-0.3, -0.25) is 9.59 Å². The highest BCUT2D eigenvalue weighted by Gasteiger charge is 2.32. The van der Waals surface area contributed by atoms with Crippen LogP contribution in [0.1, 0.15) is 43.1 Å². The molecule has 33 heavy (non-hydrogen) atoms. The van der Waals surface area contributed by atoms with Crippen molar-refractivity contribution in [1.82, 2.24) is 14.1 Å². The molecule has 9 heteroatoms. The number of sulfonamides is 1. The van der Waals surface area contributed by atoms with Gasteiger partial charge >= 0.3 is 0 Å². The molecule has 1 fully saturated rings. The second kappa shape index (κ2) is 9.68. The number of rotatable bonds is 6. The zero-order valence-corrected chi connectivity index (χ0v) is 19.2. The van der Waals surface area contributed by atoms with Gasteiger partial charge in [-0.05, 0) is 55.7 Å². The summed E-state index contributed by atoms with van der Waals surface area (Å²) in [6, 6.07) is 16.4. The number of aromatic nitrogens is 2. The Morgan fingerprint density at radius 3 is 2.48 bits per heavy atom. The first-order chi connectivity index (χ1) is 15.9. The summed E-state index contributed by atoms with van der Waals surface area (Å²) < 4.78 is 29.3. The summed E-state index contributed by atoms with van der Waals surface area (Å²) in [7, 11) is -3.61. The summed E-state index contributed by atoms with van der Waals surface area (Å²) in [4.78, 5) is 25.1. The summed E-state index contributed by atoms with van der Waals surface area (Å²) >= 11 is 0. The van der Waals surface area contributed by atoms with Crippen LogP contribution in [0, 0.1) is 0 Å². The van der Waals surface area contributed by atoms with Crippen molar-refractivity contribution in [1.29, 1.82) is 0 Å². The number of nitrogens with zero attached hydrogens (tertiary/aromatic N) is 3. The molecule has 1 saturated heterocycles. The lowest BCUT2D eigenvalue weighted by atomic mass is 10.0. The van der Waals surface area contributed by atoms with E-state index in [1.54, 1.807) is 4.31 Å². The molecule has 0 radical (unpaired) electrons. The fourth-order valence-electron chi connectivity index (χ4n) is 4.02. The lowest BCUT2D eigenvalue weighted by Gasteiger charge is -2.34. The van der Waals surface area contributed by atoms with Gasteiger partial charge in [-0.2, -0.15) is 9.40 Å². The summed E-state index contributed by atoms with van der Waals surface area (Å²) in [5.41, 5.74) is 0.330. The molecule has 1 aliphatic rings. The average Bonchev–Trinajstić information content (AvgIpc) is 2.85. The van der Waals surface area contributed by atoms with E-state index in [1.165, 1.54) is 41.2 Å². The Bertz CT molecular complexity index is 1290. The second-order valence-corrected chi connectivity index (χ2v) is 9.85. The Labute approximate surface area is 192 Å². The minimum atomic E-state index is -3.61. The van der Waals surface area contributed by atoms with Crippen molar-refractivity contribution in [2.24, 2.45) is 0 Å². The van der Waals surface area contributed by atoms with Gasteiger partial charge < -0.3 is 5.32 Å². The van der Waals surface area contributed by atoms with E-state index in [0.29, 0.717) is 17.9 Å². The third-order valence-electron chi connectivity index (χ3n) is 5.81. The lowest BCUT2D eigenvalue weighted by Crippen LogP contribution is -2.43. The minimum Gasteiger partial charge on any atom is -0.320 e. The second-order valence-electron chi connectivity index (χ2n) is 7.96. The van der Waals surface area contributed by atoms with Crippen molar-refractivity contribution in [2.45, 2.75) is 43.5 Å². The number of nitrogens with one attached hydrogen (secondary N) is 1. The maximum atomic E-state index is 13.1. The molecule has 4 rings (SSSR count). The number of hydrogen-bond acceptors (Lipinski definition) is 5. The van der Waals surface area contributed by atoms with Crippen molar-refractivity contribution in [3.05, 3.63) is 82.8 Å². The Morgan fingerprint density at radius 2 is 1.79 bits per heavy atom. The van der Waals surface area contributed by atoms with E-state index in [1.807, 2.05) is 37.3 Å². The fraction of sp³-hybridized carbons (Fsp3) is 0.292. The molecule has 1 aliphatic heterocycles. The van der Waals surface area contributed by atoms with Crippen molar-refractivity contribution < 1.29 is 13.2 Å². The van der Waals surface area contributed by atoms with Crippen LogP contribution in [0.15, 0.2) is 76.6 Å². The number of hydrogen-bond donors (Lipinski definition) is 1. The van der Waals surface area contributed by atoms with Gasteiger partial charge in [0.2, 0.25) is 15.5 Å². The minimum absolute atomic E-state index is 0.0130. The molecule has 0 spiro atoms. The highest BCUT2D eigenvalue weighted by molar-refractivity contribution is 7.89. The first-order valence-corrected chi connectivity index (χ1v) is 12.4. The van der Waals surface area contributed by atoms with Crippen molar-refractivity contribution in [3.8, 4) is 5.69 Å². The quantitative estimate of drug-likeness (QED) is 0.600. The van der Waals surface area contributed by atoms with Gasteiger partial charge in [0.25, 0.3) is 5.91 Å². The molecule has 2 heterocycles. The zero-order chi connectivity index (χ0) is 23.4. The molecule has 172 valence electrons. The summed E-state index contributed by atoms with van der Waals surface area (Å²) in [5, 5.41) is 6.80. The molecule has 0 unspecified atom stereocenters. The molecule has 0 saturated carbocycles. The Kier molecular flexibility index (Phi) is 6.71. The van der Waals surface area contributed by atoms with Crippen LogP contribution >= 0.6 is 0 Å². The van der Waals surface area contributed by atoms with Gasteiger partial charge in [0.15, 0.2) is 5.69 Å². The molecule has 1 N–H and O–H groups in total. The molecular formula is C24H26N4O4S. The maximum absolute atomic E-state index is 13.1. The third-order valence-corrected chi connectivity index (χ3v) is 7.77. The van der Waals surface area contributed by atoms with Crippen LogP contribution in [0.4, 0.5) is 5.69 Å². The van der Waals surface area contributed by atoms with Crippen LogP contribution < -0.4 is 10.7 Å². The maximum Gasteiger partial charge on any atom is 0.280 e. The van der Waals surface area contributed by atoms with E-state index in [4.69, 9.17) is 0 Å². The van der Waals surface area contributed by atoms with Crippen LogP contribution in [-0.2, 0) is 10.0 Å². The molecule has 2 aromatic carbocycles. The van der Waals surface area contributed by atoms with Crippen LogP contribution in [0.5, 0.6) is 0 Å². The van der Waals surface area contributed by atoms with E-state index >= 15 is 0 Å². The number of anilines is 1. The van der Waals surface area contributed by atoms with Gasteiger partial charge in [-0.1, -0.05) is 31.5 Å². The van der Waals surface area contributed by atoms with Gasteiger partial charge in [-0.25, -0.2) is 13.1 Å². The molecule has 1 atom stereocenters. The highest BCUT2D eigenvalue weighted by Crippen LogP contribution is 2.27. The van der Waals surface area contributed by atoms with Gasteiger partial charge in [0.05, 0.1) is 10.6 Å². The van der Waals surface area contributed by atoms with Crippen LogP contribution in [0.25, 0.3) is 5.69 Å². The molecule has 0 bridgehead atoms. The topological polar surface area (TPSA) is 101 Å². The zero-order valence-electron chi connectivity index (χ0n) is 18.3. The summed E-state index contributed by atoms with van der Waals surface area (Å²) in [5.74, 6) is -0.664. The number of amides is 1. The standard InChI is InChI=1S/C24H26N4O4S/c1-2-19-8-6-7-16-28(19)33(31,32)21-13-11-18(12-14-21)25-24(30)23-22(29)15-17-27(26-23)20-9-4-3-5-10-20/h3-5,9-15,17,19H,2,6-8,16H2,1H3,(H,25,30)/t19-/m0/s1. The largest absolute Gasteiger partial charge is 0.320 e. The molecule has 1 amide bonds. The number of para-hydroxylation sites is 1. The normalized spacial score (nSPS) is 16.9. The first kappa shape index (κ1) is 22.9. The highest BCUT2D eigenvalue weighted by atomic mass is 32.2. The Morgan fingerprint density at radius 1 is 1.06 bits per heavy atom. The van der Waals surface area contributed by atoms with Gasteiger partial charge in [0, 0.05) is 30.5 Å². The number of piperidine rings is 1. The Balaban J connectivity index is 1.53. The molecule has 1 aromatic heterocycles. The first-order valence-electron chi connectivity index (χ1n) is 11.0. The summed E-state index contributed by atoms with van der Waals surface area (Å²) in [6.07, 6.45) is 5.04. The van der Waals surface area contributed by atoms with Crippen LogP contribution in [-0.4, -0.2) is 41.0 Å². The lowest BCUT2D eigenvalue weighted by molar-refractivity contribution is 0.101. The molecule has 8 nitrogen and oxygen atoms in total.